The number of hydrogen-bond donors (Lipinski definition) is 1. The second-order valence-corrected chi connectivity index (χ2v) is 7.99. The van der Waals surface area contributed by atoms with E-state index in [9.17, 15) is 9.59 Å². The zero-order valence-electron chi connectivity index (χ0n) is 17.3. The number of piperazine rings is 1. The van der Waals surface area contributed by atoms with Crippen molar-refractivity contribution in [1.82, 2.24) is 4.90 Å². The van der Waals surface area contributed by atoms with Gasteiger partial charge in [-0.15, -0.1) is 0 Å². The lowest BCUT2D eigenvalue weighted by Gasteiger charge is -2.36. The van der Waals surface area contributed by atoms with Crippen LogP contribution in [0.15, 0.2) is 72.8 Å². The number of aryl methyl sites for hydroxylation is 1. The molecule has 3 aromatic rings. The molecule has 0 unspecified atom stereocenters. The van der Waals surface area contributed by atoms with Crippen LogP contribution >= 0.6 is 11.6 Å². The summed E-state index contributed by atoms with van der Waals surface area (Å²) in [6.07, 6.45) is 0. The van der Waals surface area contributed by atoms with Crippen LogP contribution < -0.4 is 10.2 Å². The van der Waals surface area contributed by atoms with Crippen LogP contribution in [-0.4, -0.2) is 42.9 Å². The normalized spacial score (nSPS) is 13.7. The molecule has 1 N–H and O–H groups in total. The van der Waals surface area contributed by atoms with Crippen LogP contribution in [0.3, 0.4) is 0 Å². The fourth-order valence-electron chi connectivity index (χ4n) is 3.71. The lowest BCUT2D eigenvalue weighted by molar-refractivity contribution is 0.0746. The molecule has 0 spiro atoms. The molecule has 158 valence electrons. The SMILES string of the molecule is Cc1ccc(C(=O)N2CCN(c3ccccc3Cl)CC2)cc1NC(=O)c1ccccc1. The van der Waals surface area contributed by atoms with Gasteiger partial charge in [0.25, 0.3) is 11.8 Å². The zero-order valence-corrected chi connectivity index (χ0v) is 18.1. The quantitative estimate of drug-likeness (QED) is 0.639. The Morgan fingerprint density at radius 1 is 0.839 bits per heavy atom. The highest BCUT2D eigenvalue weighted by molar-refractivity contribution is 6.33. The first-order valence-electron chi connectivity index (χ1n) is 10.3. The maximum absolute atomic E-state index is 13.1. The van der Waals surface area contributed by atoms with Gasteiger partial charge in [-0.2, -0.15) is 0 Å². The van der Waals surface area contributed by atoms with E-state index in [-0.39, 0.29) is 11.8 Å². The third-order valence-corrected chi connectivity index (χ3v) is 5.85. The molecule has 4 rings (SSSR count). The van der Waals surface area contributed by atoms with Crippen molar-refractivity contribution in [1.29, 1.82) is 0 Å². The van der Waals surface area contributed by atoms with Gasteiger partial charge >= 0.3 is 0 Å². The van der Waals surface area contributed by atoms with Crippen LogP contribution in [0.1, 0.15) is 26.3 Å². The Morgan fingerprint density at radius 3 is 2.23 bits per heavy atom. The molecule has 5 nitrogen and oxygen atoms in total. The van der Waals surface area contributed by atoms with Crippen molar-refractivity contribution < 1.29 is 9.59 Å². The van der Waals surface area contributed by atoms with Gasteiger partial charge in [-0.05, 0) is 48.9 Å². The number of amides is 2. The molecule has 0 saturated carbocycles. The summed E-state index contributed by atoms with van der Waals surface area (Å²) < 4.78 is 0. The first-order valence-corrected chi connectivity index (χ1v) is 10.7. The Bertz CT molecular complexity index is 1090. The van der Waals surface area contributed by atoms with Crippen LogP contribution in [0, 0.1) is 6.92 Å². The monoisotopic (exact) mass is 433 g/mol. The number of para-hydroxylation sites is 1. The molecule has 1 aliphatic rings. The van der Waals surface area contributed by atoms with Crippen molar-refractivity contribution in [3.63, 3.8) is 0 Å². The van der Waals surface area contributed by atoms with Gasteiger partial charge in [-0.25, -0.2) is 0 Å². The third-order valence-electron chi connectivity index (χ3n) is 5.53. The molecule has 2 amide bonds. The van der Waals surface area contributed by atoms with Gasteiger partial charge in [0.1, 0.15) is 0 Å². The highest BCUT2D eigenvalue weighted by atomic mass is 35.5. The van der Waals surface area contributed by atoms with E-state index in [0.717, 1.165) is 29.4 Å². The maximum atomic E-state index is 13.1. The molecule has 1 saturated heterocycles. The number of carbonyl (C=O) groups excluding carboxylic acids is 2. The van der Waals surface area contributed by atoms with Crippen LogP contribution in [0.2, 0.25) is 5.02 Å². The molecule has 31 heavy (non-hydrogen) atoms. The lowest BCUT2D eigenvalue weighted by atomic mass is 10.1. The molecule has 3 aromatic carbocycles. The van der Waals surface area contributed by atoms with Crippen LogP contribution in [0.4, 0.5) is 11.4 Å². The Kier molecular flexibility index (Phi) is 6.23. The number of hydrogen-bond acceptors (Lipinski definition) is 3. The number of nitrogens with zero attached hydrogens (tertiary/aromatic N) is 2. The predicted octanol–water partition coefficient (Wildman–Crippen LogP) is 4.86. The summed E-state index contributed by atoms with van der Waals surface area (Å²) in [7, 11) is 0. The van der Waals surface area contributed by atoms with Crippen molar-refractivity contribution in [2.45, 2.75) is 6.92 Å². The number of carbonyl (C=O) groups is 2. The minimum Gasteiger partial charge on any atom is -0.367 e. The van der Waals surface area contributed by atoms with Gasteiger partial charge in [0.05, 0.1) is 10.7 Å². The van der Waals surface area contributed by atoms with Crippen molar-refractivity contribution in [2.75, 3.05) is 36.4 Å². The van der Waals surface area contributed by atoms with Gasteiger partial charge in [0, 0.05) is 43.0 Å². The summed E-state index contributed by atoms with van der Waals surface area (Å²) >= 11 is 6.31. The molecule has 1 fully saturated rings. The fourth-order valence-corrected chi connectivity index (χ4v) is 3.97. The third kappa shape index (κ3) is 4.72. The number of rotatable bonds is 4. The van der Waals surface area contributed by atoms with E-state index in [1.54, 1.807) is 18.2 Å². The Hall–Kier alpha value is -3.31. The molecular weight excluding hydrogens is 410 g/mol. The van der Waals surface area contributed by atoms with E-state index in [4.69, 9.17) is 11.6 Å². The minimum atomic E-state index is -0.193. The minimum absolute atomic E-state index is 0.0333. The molecule has 0 radical (unpaired) electrons. The molecule has 1 aliphatic heterocycles. The molecule has 0 bridgehead atoms. The number of anilines is 2. The zero-order chi connectivity index (χ0) is 21.8. The number of halogens is 1. The smallest absolute Gasteiger partial charge is 0.255 e. The number of nitrogens with one attached hydrogen (secondary N) is 1. The van der Waals surface area contributed by atoms with Crippen molar-refractivity contribution >= 4 is 34.8 Å². The summed E-state index contributed by atoms with van der Waals surface area (Å²) in [5.41, 5.74) is 3.70. The second kappa shape index (κ2) is 9.23. The van der Waals surface area contributed by atoms with Crippen molar-refractivity contribution in [3.05, 3.63) is 94.5 Å². The van der Waals surface area contributed by atoms with Crippen molar-refractivity contribution in [3.8, 4) is 0 Å². The highest BCUT2D eigenvalue weighted by Gasteiger charge is 2.23. The van der Waals surface area contributed by atoms with Gasteiger partial charge < -0.3 is 15.1 Å². The molecule has 0 aromatic heterocycles. The molecule has 0 aliphatic carbocycles. The topological polar surface area (TPSA) is 52.7 Å². The Labute approximate surface area is 187 Å². The standard InChI is InChI=1S/C25H24ClN3O2/c1-18-11-12-20(17-22(18)27-24(30)19-7-3-2-4-8-19)25(31)29-15-13-28(14-16-29)23-10-6-5-9-21(23)26/h2-12,17H,13-16H2,1H3,(H,27,30). The van der Waals surface area contributed by atoms with Gasteiger partial charge in [0.15, 0.2) is 0 Å². The summed E-state index contributed by atoms with van der Waals surface area (Å²) in [5.74, 6) is -0.226. The summed E-state index contributed by atoms with van der Waals surface area (Å²) in [6.45, 7) is 4.59. The van der Waals surface area contributed by atoms with Gasteiger partial charge in [-0.1, -0.05) is 48.0 Å². The molecule has 6 heteroatoms. The molecule has 0 atom stereocenters. The predicted molar refractivity (Wildman–Crippen MR) is 125 cm³/mol. The average molecular weight is 434 g/mol. The summed E-state index contributed by atoms with van der Waals surface area (Å²) in [5, 5.41) is 3.65. The lowest BCUT2D eigenvalue weighted by Crippen LogP contribution is -2.48. The summed E-state index contributed by atoms with van der Waals surface area (Å²) in [6, 6.07) is 22.3. The average Bonchev–Trinajstić information content (AvgIpc) is 2.81. The Balaban J connectivity index is 1.44. The van der Waals surface area contributed by atoms with E-state index in [1.807, 2.05) is 66.4 Å². The largest absolute Gasteiger partial charge is 0.367 e. The highest BCUT2D eigenvalue weighted by Crippen LogP contribution is 2.26. The fraction of sp³-hybridized carbons (Fsp3) is 0.200. The van der Waals surface area contributed by atoms with E-state index >= 15 is 0 Å². The molecule has 1 heterocycles. The first kappa shape index (κ1) is 20.9. The van der Waals surface area contributed by atoms with Crippen molar-refractivity contribution in [2.24, 2.45) is 0 Å². The first-order chi connectivity index (χ1) is 15.0. The van der Waals surface area contributed by atoms with Crippen LogP contribution in [0.5, 0.6) is 0 Å². The summed E-state index contributed by atoms with van der Waals surface area (Å²) in [4.78, 5) is 29.7. The van der Waals surface area contributed by atoms with Crippen LogP contribution in [0.25, 0.3) is 0 Å². The van der Waals surface area contributed by atoms with Gasteiger partial charge in [0.2, 0.25) is 0 Å². The second-order valence-electron chi connectivity index (χ2n) is 7.58. The van der Waals surface area contributed by atoms with E-state index in [0.29, 0.717) is 29.9 Å². The maximum Gasteiger partial charge on any atom is 0.255 e. The number of benzene rings is 3. The van der Waals surface area contributed by atoms with E-state index in [1.165, 1.54) is 0 Å². The van der Waals surface area contributed by atoms with E-state index in [2.05, 4.69) is 10.2 Å². The van der Waals surface area contributed by atoms with E-state index < -0.39 is 0 Å². The Morgan fingerprint density at radius 2 is 1.52 bits per heavy atom. The van der Waals surface area contributed by atoms with Gasteiger partial charge in [-0.3, -0.25) is 9.59 Å². The molecular formula is C25H24ClN3O2. The van der Waals surface area contributed by atoms with Crippen LogP contribution in [-0.2, 0) is 0 Å².